The van der Waals surface area contributed by atoms with Crippen molar-refractivity contribution in [2.75, 3.05) is 0 Å². The quantitative estimate of drug-likeness (QED) is 0.0443. The molecule has 0 amide bonds. The van der Waals surface area contributed by atoms with Gasteiger partial charge in [0.1, 0.15) is 0 Å². The van der Waals surface area contributed by atoms with Gasteiger partial charge in [0, 0.05) is 35.0 Å². The second-order valence-electron chi connectivity index (χ2n) is 18.2. The Bertz CT molecular complexity index is 717. The molecule has 0 aromatic heterocycles. The summed E-state index contributed by atoms with van der Waals surface area (Å²) in [5.41, 5.74) is 0. The number of hydrogen-bond donors (Lipinski definition) is 0. The maximum absolute atomic E-state index is 10.2. The predicted octanol–water partition coefficient (Wildman–Crippen LogP) is 15.0. The van der Waals surface area contributed by atoms with Gasteiger partial charge in [-0.15, -0.1) is 0 Å². The summed E-state index contributed by atoms with van der Waals surface area (Å²) in [6.45, 7) is 6.80. The van der Waals surface area contributed by atoms with E-state index in [0.29, 0.717) is 0 Å². The zero-order valence-electron chi connectivity index (χ0n) is 41.2. The van der Waals surface area contributed by atoms with Crippen molar-refractivity contribution in [3.05, 3.63) is 0 Å². The molecule has 0 heterocycles. The van der Waals surface area contributed by atoms with Gasteiger partial charge in [-0.1, -0.05) is 290 Å². The standard InChI is InChI=1S/3C18H36O2.Fe/c3*1-2-3-4-5-6-7-8-9-10-11-12-13-14-15-16-17-18(19)20;/h3*2-17H2,1H3,(H,19,20);/p-3. The number of carbonyl (C=O) groups is 3. The second-order valence-corrected chi connectivity index (χ2v) is 18.2. The number of carbonyl (C=O) groups excluding carboxylic acids is 3. The molecule has 0 aliphatic heterocycles. The summed E-state index contributed by atoms with van der Waals surface area (Å²) in [4.78, 5) is 30.7. The van der Waals surface area contributed by atoms with E-state index in [1.165, 1.54) is 250 Å². The SMILES string of the molecule is CCCCCCCCCCCCCCCCCC(=O)[O-].CCCCCCCCCCCCCCCCCC(=O)[O-].CCCCCCCCCCCCCCCCCC(=O)[O-].[Fe]. The van der Waals surface area contributed by atoms with Crippen molar-refractivity contribution in [2.24, 2.45) is 0 Å². The molecule has 0 aliphatic rings. The molecular weight excluding hydrogens is 800 g/mol. The fraction of sp³-hybridized carbons (Fsp3) is 0.944. The van der Waals surface area contributed by atoms with Crippen LogP contribution in [-0.2, 0) is 31.5 Å². The summed E-state index contributed by atoms with van der Waals surface area (Å²) in [5.74, 6) is -2.71. The zero-order chi connectivity index (χ0) is 44.7. The molecule has 7 heteroatoms. The number of hydrogen-bond acceptors (Lipinski definition) is 6. The third kappa shape index (κ3) is 76.6. The van der Waals surface area contributed by atoms with Crippen LogP contribution in [-0.4, -0.2) is 17.9 Å². The summed E-state index contributed by atoms with van der Waals surface area (Å²) in [5, 5.41) is 30.7. The Hall–Kier alpha value is -1.07. The molecule has 368 valence electrons. The molecule has 0 saturated carbocycles. The molecule has 0 aliphatic carbocycles. The van der Waals surface area contributed by atoms with Gasteiger partial charge in [-0.05, 0) is 38.5 Å². The molecule has 0 rings (SSSR count). The van der Waals surface area contributed by atoms with Crippen molar-refractivity contribution in [1.29, 1.82) is 0 Å². The van der Waals surface area contributed by atoms with E-state index in [2.05, 4.69) is 20.8 Å². The number of rotatable bonds is 48. The molecule has 0 spiro atoms. The van der Waals surface area contributed by atoms with E-state index in [1.54, 1.807) is 0 Å². The molecule has 0 unspecified atom stereocenters. The summed E-state index contributed by atoms with van der Waals surface area (Å²) in [6, 6.07) is 0. The summed E-state index contributed by atoms with van der Waals surface area (Å²) >= 11 is 0. The van der Waals surface area contributed by atoms with Gasteiger partial charge in [0.25, 0.3) is 0 Å². The topological polar surface area (TPSA) is 120 Å². The fourth-order valence-corrected chi connectivity index (χ4v) is 7.92. The van der Waals surface area contributed by atoms with E-state index in [4.69, 9.17) is 0 Å². The van der Waals surface area contributed by atoms with Crippen LogP contribution in [0.5, 0.6) is 0 Å². The van der Waals surface area contributed by atoms with Gasteiger partial charge in [-0.3, -0.25) is 0 Å². The molecule has 0 aromatic carbocycles. The molecule has 0 fully saturated rings. The van der Waals surface area contributed by atoms with Crippen LogP contribution < -0.4 is 15.3 Å². The van der Waals surface area contributed by atoms with Crippen molar-refractivity contribution in [2.45, 2.75) is 329 Å². The Labute approximate surface area is 392 Å². The maximum atomic E-state index is 10.2. The first kappa shape index (κ1) is 66.5. The average molecular weight is 906 g/mol. The Morgan fingerprint density at radius 1 is 0.213 bits per heavy atom. The van der Waals surface area contributed by atoms with Crippen molar-refractivity contribution in [1.82, 2.24) is 0 Å². The van der Waals surface area contributed by atoms with Crippen molar-refractivity contribution < 1.29 is 46.8 Å². The first-order valence-corrected chi connectivity index (χ1v) is 26.9. The van der Waals surface area contributed by atoms with Crippen LogP contribution in [0.3, 0.4) is 0 Å². The van der Waals surface area contributed by atoms with Gasteiger partial charge in [-0.25, -0.2) is 0 Å². The van der Waals surface area contributed by atoms with Crippen LogP contribution in [0.25, 0.3) is 0 Å². The predicted molar refractivity (Wildman–Crippen MR) is 254 cm³/mol. The number of carboxylic acid groups (broad SMARTS) is 3. The Morgan fingerprint density at radius 2 is 0.311 bits per heavy atom. The van der Waals surface area contributed by atoms with Crippen LogP contribution in [0.4, 0.5) is 0 Å². The average Bonchev–Trinajstić information content (AvgIpc) is 3.22. The van der Waals surface area contributed by atoms with Crippen LogP contribution in [0, 0.1) is 0 Å². The van der Waals surface area contributed by atoms with Crippen molar-refractivity contribution in [3.8, 4) is 0 Å². The molecule has 61 heavy (non-hydrogen) atoms. The zero-order valence-corrected chi connectivity index (χ0v) is 42.3. The van der Waals surface area contributed by atoms with Crippen LogP contribution >= 0.6 is 0 Å². The normalized spacial score (nSPS) is 10.7. The molecule has 0 radical (unpaired) electrons. The smallest absolute Gasteiger partial charge is 0.0414 e. The molecule has 0 aromatic rings. The van der Waals surface area contributed by atoms with E-state index in [-0.39, 0.29) is 36.3 Å². The van der Waals surface area contributed by atoms with Gasteiger partial charge in [0.2, 0.25) is 0 Å². The number of unbranched alkanes of at least 4 members (excludes halogenated alkanes) is 42. The Kier molecular flexibility index (Phi) is 69.0. The third-order valence-electron chi connectivity index (χ3n) is 12.0. The van der Waals surface area contributed by atoms with Crippen LogP contribution in [0.15, 0.2) is 0 Å². The van der Waals surface area contributed by atoms with Gasteiger partial charge >= 0.3 is 0 Å². The van der Waals surface area contributed by atoms with E-state index in [0.717, 1.165) is 38.5 Å². The molecule has 0 N–H and O–H groups in total. The molecule has 0 bridgehead atoms. The molecular formula is C54H105FeO6-3. The minimum atomic E-state index is -0.903. The largest absolute Gasteiger partial charge is 0.550 e. The van der Waals surface area contributed by atoms with E-state index in [9.17, 15) is 29.7 Å². The van der Waals surface area contributed by atoms with Gasteiger partial charge < -0.3 is 29.7 Å². The number of carboxylic acids is 3. The Morgan fingerprint density at radius 3 is 0.410 bits per heavy atom. The summed E-state index contributed by atoms with van der Waals surface area (Å²) < 4.78 is 0. The van der Waals surface area contributed by atoms with E-state index >= 15 is 0 Å². The summed E-state index contributed by atoms with van der Waals surface area (Å²) in [6.07, 6.45) is 59.6. The van der Waals surface area contributed by atoms with Gasteiger partial charge in [0.05, 0.1) is 0 Å². The molecule has 6 nitrogen and oxygen atoms in total. The monoisotopic (exact) mass is 906 g/mol. The summed E-state index contributed by atoms with van der Waals surface area (Å²) in [7, 11) is 0. The molecule has 0 saturated heterocycles. The minimum Gasteiger partial charge on any atom is -0.550 e. The second kappa shape index (κ2) is 63.2. The van der Waals surface area contributed by atoms with Crippen molar-refractivity contribution >= 4 is 17.9 Å². The third-order valence-corrected chi connectivity index (χ3v) is 12.0. The molecule has 0 atom stereocenters. The van der Waals surface area contributed by atoms with Crippen LogP contribution in [0.1, 0.15) is 329 Å². The van der Waals surface area contributed by atoms with Crippen molar-refractivity contribution in [3.63, 3.8) is 0 Å². The minimum absolute atomic E-state index is 0. The van der Waals surface area contributed by atoms with E-state index < -0.39 is 17.9 Å². The van der Waals surface area contributed by atoms with E-state index in [1.807, 2.05) is 0 Å². The fourth-order valence-electron chi connectivity index (χ4n) is 7.92. The van der Waals surface area contributed by atoms with Crippen LogP contribution in [0.2, 0.25) is 0 Å². The Balaban J connectivity index is -0.000000396. The maximum Gasteiger partial charge on any atom is 0.0414 e. The van der Waals surface area contributed by atoms with Gasteiger partial charge in [0.15, 0.2) is 0 Å². The van der Waals surface area contributed by atoms with Gasteiger partial charge in [-0.2, -0.15) is 0 Å². The first-order chi connectivity index (χ1) is 29.3. The first-order valence-electron chi connectivity index (χ1n) is 26.9. The number of aliphatic carboxylic acids is 3.